The summed E-state index contributed by atoms with van der Waals surface area (Å²) < 4.78 is 21.6. The van der Waals surface area contributed by atoms with E-state index < -0.39 is 0 Å². The summed E-state index contributed by atoms with van der Waals surface area (Å²) >= 11 is 0. The number of furan rings is 1. The quantitative estimate of drug-likeness (QED) is 0.739. The Morgan fingerprint density at radius 2 is 1.89 bits per heavy atom. The van der Waals surface area contributed by atoms with Crippen LogP contribution in [0, 0.1) is 0 Å². The molecule has 0 amide bonds. The highest BCUT2D eigenvalue weighted by Gasteiger charge is 2.13. The first kappa shape index (κ1) is 13.9. The van der Waals surface area contributed by atoms with Crippen molar-refractivity contribution in [3.05, 3.63) is 30.0 Å². The first-order valence-corrected chi connectivity index (χ1v) is 6.26. The van der Waals surface area contributed by atoms with Crippen molar-refractivity contribution in [2.45, 2.75) is 6.54 Å². The number of para-hydroxylation sites is 1. The van der Waals surface area contributed by atoms with Crippen LogP contribution in [0.4, 0.5) is 0 Å². The van der Waals surface area contributed by atoms with Crippen LogP contribution in [0.3, 0.4) is 0 Å². The SMILES string of the molecule is COCCOCCOc1c(CN)oc2ccccc12. The van der Waals surface area contributed by atoms with Crippen LogP contribution in [0.2, 0.25) is 0 Å². The maximum Gasteiger partial charge on any atom is 0.169 e. The molecule has 0 unspecified atom stereocenters. The molecular formula is C14H19NO4. The Balaban J connectivity index is 1.95. The summed E-state index contributed by atoms with van der Waals surface area (Å²) in [5.41, 5.74) is 6.45. The van der Waals surface area contributed by atoms with E-state index in [0.29, 0.717) is 44.5 Å². The number of hydrogen-bond acceptors (Lipinski definition) is 5. The van der Waals surface area contributed by atoms with Gasteiger partial charge in [-0.15, -0.1) is 0 Å². The number of ether oxygens (including phenoxy) is 3. The molecule has 5 nitrogen and oxygen atoms in total. The fraction of sp³-hybridized carbons (Fsp3) is 0.429. The Hall–Kier alpha value is -1.56. The first-order chi connectivity index (χ1) is 9.36. The number of hydrogen-bond donors (Lipinski definition) is 1. The predicted octanol–water partition coefficient (Wildman–Crippen LogP) is 1.93. The maximum atomic E-state index is 5.72. The number of methoxy groups -OCH3 is 1. The highest BCUT2D eigenvalue weighted by atomic mass is 16.5. The number of fused-ring (bicyclic) bond motifs is 1. The minimum Gasteiger partial charge on any atom is -0.487 e. The van der Waals surface area contributed by atoms with Gasteiger partial charge in [-0.25, -0.2) is 0 Å². The second kappa shape index (κ2) is 7.13. The van der Waals surface area contributed by atoms with E-state index in [-0.39, 0.29) is 0 Å². The van der Waals surface area contributed by atoms with Crippen molar-refractivity contribution in [1.29, 1.82) is 0 Å². The smallest absolute Gasteiger partial charge is 0.169 e. The van der Waals surface area contributed by atoms with Crippen LogP contribution < -0.4 is 10.5 Å². The second-order valence-corrected chi connectivity index (χ2v) is 4.01. The fourth-order valence-corrected chi connectivity index (χ4v) is 1.81. The van der Waals surface area contributed by atoms with Gasteiger partial charge >= 0.3 is 0 Å². The van der Waals surface area contributed by atoms with Gasteiger partial charge in [0, 0.05) is 7.11 Å². The number of benzene rings is 1. The molecule has 104 valence electrons. The van der Waals surface area contributed by atoms with Crippen LogP contribution in [0.15, 0.2) is 28.7 Å². The summed E-state index contributed by atoms with van der Waals surface area (Å²) in [6, 6.07) is 7.72. The lowest BCUT2D eigenvalue weighted by atomic mass is 10.2. The standard InChI is InChI=1S/C14H19NO4/c1-16-6-7-17-8-9-18-14-11-4-2-3-5-12(11)19-13(14)10-15/h2-5H,6-10,15H2,1H3. The molecule has 1 heterocycles. The second-order valence-electron chi connectivity index (χ2n) is 4.01. The lowest BCUT2D eigenvalue weighted by molar-refractivity contribution is 0.0543. The highest BCUT2D eigenvalue weighted by Crippen LogP contribution is 2.32. The van der Waals surface area contributed by atoms with Crippen molar-refractivity contribution in [3.63, 3.8) is 0 Å². The molecule has 0 saturated heterocycles. The lowest BCUT2D eigenvalue weighted by Gasteiger charge is -2.07. The summed E-state index contributed by atoms with van der Waals surface area (Å²) in [6.45, 7) is 2.43. The average molecular weight is 265 g/mol. The molecule has 1 aromatic carbocycles. The van der Waals surface area contributed by atoms with Gasteiger partial charge in [0.05, 0.1) is 31.8 Å². The van der Waals surface area contributed by atoms with Gasteiger partial charge in [0.25, 0.3) is 0 Å². The van der Waals surface area contributed by atoms with Gasteiger partial charge in [0.15, 0.2) is 11.5 Å². The summed E-state index contributed by atoms with van der Waals surface area (Å²) in [5.74, 6) is 1.38. The molecule has 0 fully saturated rings. The minimum atomic E-state index is 0.314. The van der Waals surface area contributed by atoms with Crippen LogP contribution in [0.5, 0.6) is 5.75 Å². The maximum absolute atomic E-state index is 5.72. The fourth-order valence-electron chi connectivity index (χ4n) is 1.81. The normalized spacial score (nSPS) is 11.1. The van der Waals surface area contributed by atoms with Gasteiger partial charge in [-0.2, -0.15) is 0 Å². The molecule has 5 heteroatoms. The Kier molecular flexibility index (Phi) is 5.20. The molecule has 0 aliphatic heterocycles. The molecule has 2 N–H and O–H groups in total. The van der Waals surface area contributed by atoms with Crippen LogP contribution >= 0.6 is 0 Å². The molecule has 0 aliphatic carbocycles. The van der Waals surface area contributed by atoms with Gasteiger partial charge in [0.2, 0.25) is 0 Å². The molecule has 2 aromatic rings. The van der Waals surface area contributed by atoms with E-state index in [0.717, 1.165) is 11.0 Å². The van der Waals surface area contributed by atoms with Crippen molar-refractivity contribution in [1.82, 2.24) is 0 Å². The molecular weight excluding hydrogens is 246 g/mol. The van der Waals surface area contributed by atoms with E-state index >= 15 is 0 Å². The monoisotopic (exact) mass is 265 g/mol. The van der Waals surface area contributed by atoms with E-state index in [2.05, 4.69) is 0 Å². The van der Waals surface area contributed by atoms with Gasteiger partial charge in [-0.3, -0.25) is 0 Å². The van der Waals surface area contributed by atoms with E-state index in [4.69, 9.17) is 24.4 Å². The molecule has 0 aliphatic rings. The molecule has 0 radical (unpaired) electrons. The zero-order valence-corrected chi connectivity index (χ0v) is 11.1. The topological polar surface area (TPSA) is 66.8 Å². The van der Waals surface area contributed by atoms with Crippen molar-refractivity contribution < 1.29 is 18.6 Å². The highest BCUT2D eigenvalue weighted by molar-refractivity contribution is 5.85. The summed E-state index contributed by atoms with van der Waals surface area (Å²) in [4.78, 5) is 0. The Morgan fingerprint density at radius 1 is 1.11 bits per heavy atom. The van der Waals surface area contributed by atoms with E-state index in [9.17, 15) is 0 Å². The van der Waals surface area contributed by atoms with Crippen LogP contribution in [0.1, 0.15) is 5.76 Å². The van der Waals surface area contributed by atoms with Crippen molar-refractivity contribution in [2.75, 3.05) is 33.5 Å². The van der Waals surface area contributed by atoms with E-state index in [1.54, 1.807) is 7.11 Å². The van der Waals surface area contributed by atoms with Crippen molar-refractivity contribution in [2.24, 2.45) is 5.73 Å². The third-order valence-electron chi connectivity index (χ3n) is 2.71. The zero-order chi connectivity index (χ0) is 13.5. The lowest BCUT2D eigenvalue weighted by Crippen LogP contribution is -2.10. The number of nitrogens with two attached hydrogens (primary N) is 1. The zero-order valence-electron chi connectivity index (χ0n) is 11.1. The first-order valence-electron chi connectivity index (χ1n) is 6.26. The largest absolute Gasteiger partial charge is 0.487 e. The Bertz CT molecular complexity index is 509. The van der Waals surface area contributed by atoms with Gasteiger partial charge in [-0.05, 0) is 12.1 Å². The van der Waals surface area contributed by atoms with Crippen molar-refractivity contribution in [3.8, 4) is 5.75 Å². The predicted molar refractivity (Wildman–Crippen MR) is 72.3 cm³/mol. The molecule has 0 atom stereocenters. The minimum absolute atomic E-state index is 0.314. The van der Waals surface area contributed by atoms with Crippen LogP contribution in [-0.4, -0.2) is 33.5 Å². The van der Waals surface area contributed by atoms with Gasteiger partial charge < -0.3 is 24.4 Å². The molecule has 0 spiro atoms. The number of rotatable bonds is 8. The Morgan fingerprint density at radius 3 is 2.68 bits per heavy atom. The van der Waals surface area contributed by atoms with Gasteiger partial charge in [-0.1, -0.05) is 12.1 Å². The molecule has 1 aromatic heterocycles. The third-order valence-corrected chi connectivity index (χ3v) is 2.71. The average Bonchev–Trinajstić information content (AvgIpc) is 2.81. The van der Waals surface area contributed by atoms with Crippen molar-refractivity contribution >= 4 is 11.0 Å². The van der Waals surface area contributed by atoms with Gasteiger partial charge in [0.1, 0.15) is 12.2 Å². The molecule has 0 saturated carbocycles. The van der Waals surface area contributed by atoms with Crippen LogP contribution in [0.25, 0.3) is 11.0 Å². The third kappa shape index (κ3) is 3.47. The summed E-state index contributed by atoms with van der Waals surface area (Å²) in [6.07, 6.45) is 0. The molecule has 0 bridgehead atoms. The van der Waals surface area contributed by atoms with E-state index in [1.165, 1.54) is 0 Å². The Labute approximate surface area is 112 Å². The van der Waals surface area contributed by atoms with Crippen LogP contribution in [-0.2, 0) is 16.0 Å². The molecule has 19 heavy (non-hydrogen) atoms. The summed E-state index contributed by atoms with van der Waals surface area (Å²) in [5, 5.41) is 0.944. The summed E-state index contributed by atoms with van der Waals surface area (Å²) in [7, 11) is 1.64. The molecule has 2 rings (SSSR count). The van der Waals surface area contributed by atoms with E-state index in [1.807, 2.05) is 24.3 Å².